The maximum atomic E-state index is 11.8. The number of nitrogens with zero attached hydrogens (tertiary/aromatic N) is 1. The SMILES string of the molecule is Cc1cccc(NC(=O)C(=O)Nc2ccc(C)c(C)c2)n1. The van der Waals surface area contributed by atoms with Gasteiger partial charge in [-0.25, -0.2) is 4.98 Å². The molecule has 5 heteroatoms. The number of aromatic nitrogens is 1. The molecular weight excluding hydrogens is 266 g/mol. The van der Waals surface area contributed by atoms with Crippen molar-refractivity contribution in [2.45, 2.75) is 20.8 Å². The van der Waals surface area contributed by atoms with E-state index in [4.69, 9.17) is 0 Å². The number of anilines is 2. The van der Waals surface area contributed by atoms with E-state index in [2.05, 4.69) is 15.6 Å². The number of carbonyl (C=O) groups is 2. The van der Waals surface area contributed by atoms with Crippen LogP contribution in [0.25, 0.3) is 0 Å². The summed E-state index contributed by atoms with van der Waals surface area (Å²) in [6.45, 7) is 5.74. The van der Waals surface area contributed by atoms with E-state index in [1.54, 1.807) is 18.2 Å². The fourth-order valence-corrected chi connectivity index (χ4v) is 1.79. The van der Waals surface area contributed by atoms with Crippen molar-refractivity contribution in [3.05, 3.63) is 53.2 Å². The second-order valence-corrected chi connectivity index (χ2v) is 4.87. The zero-order valence-corrected chi connectivity index (χ0v) is 12.2. The number of nitrogens with one attached hydrogen (secondary N) is 2. The number of benzene rings is 1. The lowest BCUT2D eigenvalue weighted by Crippen LogP contribution is -2.29. The Morgan fingerprint density at radius 1 is 0.905 bits per heavy atom. The highest BCUT2D eigenvalue weighted by molar-refractivity contribution is 6.43. The highest BCUT2D eigenvalue weighted by atomic mass is 16.2. The smallest absolute Gasteiger partial charge is 0.315 e. The minimum Gasteiger partial charge on any atom is -0.318 e. The molecule has 2 aromatic rings. The standard InChI is InChI=1S/C16H17N3O2/c1-10-7-8-13(9-11(10)2)18-15(20)16(21)19-14-6-4-5-12(3)17-14/h4-9H,1-3H3,(H,18,20)(H,17,19,21). The zero-order chi connectivity index (χ0) is 15.4. The minimum atomic E-state index is -0.744. The zero-order valence-electron chi connectivity index (χ0n) is 12.2. The molecule has 0 saturated carbocycles. The molecule has 1 aromatic carbocycles. The average Bonchev–Trinajstić information content (AvgIpc) is 2.43. The van der Waals surface area contributed by atoms with E-state index in [0.29, 0.717) is 11.5 Å². The third-order valence-electron chi connectivity index (χ3n) is 3.10. The van der Waals surface area contributed by atoms with Crippen LogP contribution in [-0.2, 0) is 9.59 Å². The molecule has 1 heterocycles. The van der Waals surface area contributed by atoms with E-state index in [-0.39, 0.29) is 0 Å². The van der Waals surface area contributed by atoms with Gasteiger partial charge in [0.2, 0.25) is 0 Å². The summed E-state index contributed by atoms with van der Waals surface area (Å²) in [5.74, 6) is -1.11. The number of rotatable bonds is 2. The van der Waals surface area contributed by atoms with Crippen LogP contribution in [0.5, 0.6) is 0 Å². The summed E-state index contributed by atoms with van der Waals surface area (Å²) in [5, 5.41) is 5.03. The van der Waals surface area contributed by atoms with Crippen molar-refractivity contribution in [2.75, 3.05) is 10.6 Å². The molecule has 2 amide bonds. The van der Waals surface area contributed by atoms with Crippen LogP contribution >= 0.6 is 0 Å². The first-order chi connectivity index (χ1) is 9.95. The van der Waals surface area contributed by atoms with Crippen LogP contribution in [0.15, 0.2) is 36.4 Å². The van der Waals surface area contributed by atoms with E-state index in [1.807, 2.05) is 39.0 Å². The lowest BCUT2D eigenvalue weighted by atomic mass is 10.1. The van der Waals surface area contributed by atoms with E-state index in [1.165, 1.54) is 0 Å². The summed E-state index contributed by atoms with van der Waals surface area (Å²) >= 11 is 0. The van der Waals surface area contributed by atoms with Crippen molar-refractivity contribution in [2.24, 2.45) is 0 Å². The number of hydrogen-bond acceptors (Lipinski definition) is 3. The second kappa shape index (κ2) is 6.17. The van der Waals surface area contributed by atoms with Gasteiger partial charge in [-0.15, -0.1) is 0 Å². The lowest BCUT2D eigenvalue weighted by Gasteiger charge is -2.08. The van der Waals surface area contributed by atoms with E-state index < -0.39 is 11.8 Å². The third kappa shape index (κ3) is 3.89. The molecule has 0 aliphatic rings. The maximum Gasteiger partial charge on any atom is 0.315 e. The normalized spacial score (nSPS) is 10.0. The van der Waals surface area contributed by atoms with Crippen LogP contribution in [0.3, 0.4) is 0 Å². The largest absolute Gasteiger partial charge is 0.318 e. The lowest BCUT2D eigenvalue weighted by molar-refractivity contribution is -0.133. The highest BCUT2D eigenvalue weighted by Crippen LogP contribution is 2.14. The predicted molar refractivity (Wildman–Crippen MR) is 82.1 cm³/mol. The Labute approximate surface area is 123 Å². The Kier molecular flexibility index (Phi) is 4.33. The molecular formula is C16H17N3O2. The van der Waals surface area contributed by atoms with E-state index >= 15 is 0 Å². The Bertz CT molecular complexity index is 696. The molecule has 0 saturated heterocycles. The Morgan fingerprint density at radius 2 is 1.62 bits per heavy atom. The fourth-order valence-electron chi connectivity index (χ4n) is 1.79. The molecule has 0 bridgehead atoms. The van der Waals surface area contributed by atoms with Gasteiger partial charge in [0.1, 0.15) is 5.82 Å². The Morgan fingerprint density at radius 3 is 2.29 bits per heavy atom. The minimum absolute atomic E-state index is 0.357. The first-order valence-electron chi connectivity index (χ1n) is 6.59. The number of pyridine rings is 1. The van der Waals surface area contributed by atoms with Crippen LogP contribution in [0.1, 0.15) is 16.8 Å². The molecule has 0 aliphatic carbocycles. The first-order valence-corrected chi connectivity index (χ1v) is 6.59. The topological polar surface area (TPSA) is 71.1 Å². The molecule has 108 valence electrons. The average molecular weight is 283 g/mol. The Hall–Kier alpha value is -2.69. The van der Waals surface area contributed by atoms with Gasteiger partial charge in [-0.2, -0.15) is 0 Å². The molecule has 0 radical (unpaired) electrons. The summed E-state index contributed by atoms with van der Waals surface area (Å²) in [5.41, 5.74) is 3.53. The first kappa shape index (κ1) is 14.7. The van der Waals surface area contributed by atoms with Gasteiger partial charge in [-0.05, 0) is 56.2 Å². The van der Waals surface area contributed by atoms with Crippen molar-refractivity contribution in [1.82, 2.24) is 4.98 Å². The second-order valence-electron chi connectivity index (χ2n) is 4.87. The molecule has 2 N–H and O–H groups in total. The van der Waals surface area contributed by atoms with Gasteiger partial charge in [0.05, 0.1) is 0 Å². The van der Waals surface area contributed by atoms with Gasteiger partial charge in [0, 0.05) is 11.4 Å². The molecule has 21 heavy (non-hydrogen) atoms. The van der Waals surface area contributed by atoms with Crippen molar-refractivity contribution in [1.29, 1.82) is 0 Å². The molecule has 1 aromatic heterocycles. The molecule has 0 spiro atoms. The van der Waals surface area contributed by atoms with E-state index in [9.17, 15) is 9.59 Å². The van der Waals surface area contributed by atoms with Crippen LogP contribution in [0.2, 0.25) is 0 Å². The molecule has 0 fully saturated rings. The molecule has 0 atom stereocenters. The number of aryl methyl sites for hydroxylation is 3. The van der Waals surface area contributed by atoms with Crippen LogP contribution < -0.4 is 10.6 Å². The molecule has 0 aliphatic heterocycles. The van der Waals surface area contributed by atoms with Crippen LogP contribution in [-0.4, -0.2) is 16.8 Å². The summed E-state index contributed by atoms with van der Waals surface area (Å²) in [4.78, 5) is 27.8. The number of amides is 2. The maximum absolute atomic E-state index is 11.8. The third-order valence-corrected chi connectivity index (χ3v) is 3.10. The van der Waals surface area contributed by atoms with Gasteiger partial charge in [-0.3, -0.25) is 9.59 Å². The van der Waals surface area contributed by atoms with Gasteiger partial charge in [0.25, 0.3) is 0 Å². The Balaban J connectivity index is 2.02. The van der Waals surface area contributed by atoms with Crippen molar-refractivity contribution in [3.8, 4) is 0 Å². The van der Waals surface area contributed by atoms with Crippen LogP contribution in [0, 0.1) is 20.8 Å². The summed E-state index contributed by atoms with van der Waals surface area (Å²) in [7, 11) is 0. The molecule has 0 unspecified atom stereocenters. The summed E-state index contributed by atoms with van der Waals surface area (Å²) < 4.78 is 0. The summed E-state index contributed by atoms with van der Waals surface area (Å²) in [6.07, 6.45) is 0. The fraction of sp³-hybridized carbons (Fsp3) is 0.188. The quantitative estimate of drug-likeness (QED) is 0.832. The van der Waals surface area contributed by atoms with Crippen molar-refractivity contribution in [3.63, 3.8) is 0 Å². The van der Waals surface area contributed by atoms with Crippen LogP contribution in [0.4, 0.5) is 11.5 Å². The number of hydrogen-bond donors (Lipinski definition) is 2. The van der Waals surface area contributed by atoms with E-state index in [0.717, 1.165) is 16.8 Å². The van der Waals surface area contributed by atoms with Gasteiger partial charge >= 0.3 is 11.8 Å². The van der Waals surface area contributed by atoms with Gasteiger partial charge in [0.15, 0.2) is 0 Å². The molecule has 2 rings (SSSR count). The molecule has 5 nitrogen and oxygen atoms in total. The van der Waals surface area contributed by atoms with Gasteiger partial charge in [-0.1, -0.05) is 12.1 Å². The summed E-state index contributed by atoms with van der Waals surface area (Å²) in [6, 6.07) is 10.7. The monoisotopic (exact) mass is 283 g/mol. The number of carbonyl (C=O) groups excluding carboxylic acids is 2. The van der Waals surface area contributed by atoms with Crippen molar-refractivity contribution >= 4 is 23.3 Å². The highest BCUT2D eigenvalue weighted by Gasteiger charge is 2.14. The predicted octanol–water partition coefficient (Wildman–Crippen LogP) is 2.58. The van der Waals surface area contributed by atoms with Gasteiger partial charge < -0.3 is 10.6 Å². The van der Waals surface area contributed by atoms with Crippen molar-refractivity contribution < 1.29 is 9.59 Å².